The molecule has 1 aliphatic carbocycles. The number of amides is 1. The first-order valence-electron chi connectivity index (χ1n) is 7.32. The number of nitro groups is 1. The van der Waals surface area contributed by atoms with Gasteiger partial charge in [0.25, 0.3) is 11.6 Å². The summed E-state index contributed by atoms with van der Waals surface area (Å²) >= 11 is 0. The van der Waals surface area contributed by atoms with E-state index in [1.165, 1.54) is 24.3 Å². The van der Waals surface area contributed by atoms with Crippen LogP contribution in [0.2, 0.25) is 0 Å². The average Bonchev–Trinajstić information content (AvgIpc) is 2.53. The average molecular weight is 313 g/mol. The Kier molecular flexibility index (Phi) is 5.05. The molecule has 0 fully saturated rings. The number of nitrogens with zero attached hydrogens (tertiary/aromatic N) is 2. The van der Waals surface area contributed by atoms with Gasteiger partial charge in [-0.15, -0.1) is 0 Å². The van der Waals surface area contributed by atoms with Crippen molar-refractivity contribution >= 4 is 17.3 Å². The smallest absolute Gasteiger partial charge is 0.267 e. The molecule has 1 aromatic rings. The second-order valence-electron chi connectivity index (χ2n) is 5.67. The Morgan fingerprint density at radius 3 is 2.61 bits per heavy atom. The number of nitro benzene ring substituents is 1. The fourth-order valence-electron chi connectivity index (χ4n) is 2.34. The van der Waals surface area contributed by atoms with Gasteiger partial charge in [0, 0.05) is 17.7 Å². The lowest BCUT2D eigenvalue weighted by molar-refractivity contribution is -0.384. The predicted molar refractivity (Wildman–Crippen MR) is 89.3 cm³/mol. The third-order valence-electron chi connectivity index (χ3n) is 3.93. The van der Waals surface area contributed by atoms with Gasteiger partial charge in [-0.3, -0.25) is 14.9 Å². The van der Waals surface area contributed by atoms with Crippen molar-refractivity contribution < 1.29 is 9.72 Å². The lowest BCUT2D eigenvalue weighted by atomic mass is 9.85. The molecule has 6 nitrogen and oxygen atoms in total. The zero-order valence-corrected chi connectivity index (χ0v) is 13.2. The molecule has 0 saturated carbocycles. The van der Waals surface area contributed by atoms with Crippen LogP contribution < -0.4 is 5.43 Å². The summed E-state index contributed by atoms with van der Waals surface area (Å²) in [6.07, 6.45) is 3.79. The zero-order valence-electron chi connectivity index (χ0n) is 13.2. The Labute approximate surface area is 134 Å². The van der Waals surface area contributed by atoms with E-state index in [9.17, 15) is 14.9 Å². The molecular formula is C17H19N3O3. The van der Waals surface area contributed by atoms with Crippen LogP contribution in [0.3, 0.4) is 0 Å². The minimum atomic E-state index is -0.504. The molecule has 0 spiro atoms. The number of hydrazone groups is 1. The minimum absolute atomic E-state index is 0.0526. The van der Waals surface area contributed by atoms with Crippen molar-refractivity contribution in [3.05, 3.63) is 63.7 Å². The van der Waals surface area contributed by atoms with Crippen LogP contribution in [0.15, 0.2) is 53.2 Å². The molecule has 23 heavy (non-hydrogen) atoms. The van der Waals surface area contributed by atoms with E-state index in [0.717, 1.165) is 29.7 Å². The van der Waals surface area contributed by atoms with Crippen LogP contribution in [-0.2, 0) is 0 Å². The number of carbonyl (C=O) groups excluding carboxylic acids is 1. The van der Waals surface area contributed by atoms with Gasteiger partial charge in [0.15, 0.2) is 0 Å². The van der Waals surface area contributed by atoms with Gasteiger partial charge >= 0.3 is 0 Å². The Hall–Kier alpha value is -2.76. The molecule has 1 aliphatic rings. The van der Waals surface area contributed by atoms with E-state index in [-0.39, 0.29) is 5.69 Å². The van der Waals surface area contributed by atoms with Crippen molar-refractivity contribution in [1.82, 2.24) is 5.43 Å². The fourth-order valence-corrected chi connectivity index (χ4v) is 2.34. The molecule has 120 valence electrons. The highest BCUT2D eigenvalue weighted by Gasteiger charge is 2.19. The van der Waals surface area contributed by atoms with Crippen molar-refractivity contribution in [1.29, 1.82) is 0 Å². The summed E-state index contributed by atoms with van der Waals surface area (Å²) in [4.78, 5) is 22.2. The molecule has 1 atom stereocenters. The highest BCUT2D eigenvalue weighted by molar-refractivity contribution is 6.02. The lowest BCUT2D eigenvalue weighted by Crippen LogP contribution is -2.23. The van der Waals surface area contributed by atoms with Gasteiger partial charge in [-0.1, -0.05) is 18.2 Å². The number of hydrogen-bond acceptors (Lipinski definition) is 4. The molecule has 1 N–H and O–H groups in total. The Balaban J connectivity index is 2.07. The summed E-state index contributed by atoms with van der Waals surface area (Å²) in [5, 5.41) is 14.8. The quantitative estimate of drug-likeness (QED) is 0.523. The minimum Gasteiger partial charge on any atom is -0.267 e. The monoisotopic (exact) mass is 313 g/mol. The van der Waals surface area contributed by atoms with Crippen LogP contribution >= 0.6 is 0 Å². The van der Waals surface area contributed by atoms with Gasteiger partial charge in [0.05, 0.1) is 10.6 Å². The fraction of sp³-hybridized carbons (Fsp3) is 0.294. The standard InChI is InChI=1S/C17H19N3O3/c1-11(2)14-5-4-12(3)16(10-14)18-19-17(21)13-6-8-15(9-7-13)20(22)23/h4,6-9,14H,1,5,10H2,2-3H3,(H,19,21)/t14-/m1/s1. The van der Waals surface area contributed by atoms with Crippen LogP contribution in [-0.4, -0.2) is 16.5 Å². The Morgan fingerprint density at radius 1 is 1.39 bits per heavy atom. The van der Waals surface area contributed by atoms with Gasteiger partial charge in [0.1, 0.15) is 0 Å². The van der Waals surface area contributed by atoms with Crippen molar-refractivity contribution in [2.75, 3.05) is 0 Å². The molecule has 0 bridgehead atoms. The number of carbonyl (C=O) groups is 1. The molecule has 2 rings (SSSR count). The zero-order chi connectivity index (χ0) is 17.0. The van der Waals surface area contributed by atoms with Crippen LogP contribution in [0.1, 0.15) is 37.0 Å². The maximum absolute atomic E-state index is 12.1. The van der Waals surface area contributed by atoms with Crippen LogP contribution in [0.5, 0.6) is 0 Å². The van der Waals surface area contributed by atoms with Crippen molar-refractivity contribution in [2.45, 2.75) is 26.7 Å². The summed E-state index contributed by atoms with van der Waals surface area (Å²) in [5.74, 6) is -0.0497. The second-order valence-corrected chi connectivity index (χ2v) is 5.67. The number of allylic oxidation sites excluding steroid dienone is 3. The summed E-state index contributed by atoms with van der Waals surface area (Å²) in [5.41, 5.74) is 5.77. The predicted octanol–water partition coefficient (Wildman–Crippen LogP) is 3.61. The van der Waals surface area contributed by atoms with Crippen LogP contribution in [0.25, 0.3) is 0 Å². The third kappa shape index (κ3) is 4.12. The van der Waals surface area contributed by atoms with E-state index in [1.807, 2.05) is 13.8 Å². The van der Waals surface area contributed by atoms with Gasteiger partial charge in [0.2, 0.25) is 0 Å². The molecular weight excluding hydrogens is 294 g/mol. The van der Waals surface area contributed by atoms with E-state index in [2.05, 4.69) is 23.2 Å². The number of nitrogens with one attached hydrogen (secondary N) is 1. The summed E-state index contributed by atoms with van der Waals surface area (Å²) in [6.45, 7) is 7.93. The van der Waals surface area contributed by atoms with E-state index in [4.69, 9.17) is 0 Å². The molecule has 0 heterocycles. The molecule has 6 heteroatoms. The maximum Gasteiger partial charge on any atom is 0.271 e. The molecule has 1 amide bonds. The summed E-state index contributed by atoms with van der Waals surface area (Å²) in [6, 6.07) is 5.41. The van der Waals surface area contributed by atoms with E-state index in [1.54, 1.807) is 0 Å². The first-order chi connectivity index (χ1) is 10.9. The van der Waals surface area contributed by atoms with Crippen molar-refractivity contribution in [2.24, 2.45) is 11.0 Å². The first-order valence-corrected chi connectivity index (χ1v) is 7.32. The van der Waals surface area contributed by atoms with Gasteiger partial charge in [-0.25, -0.2) is 5.43 Å². The second kappa shape index (κ2) is 7.00. The molecule has 0 saturated heterocycles. The third-order valence-corrected chi connectivity index (χ3v) is 3.93. The van der Waals surface area contributed by atoms with Crippen LogP contribution in [0, 0.1) is 16.0 Å². The van der Waals surface area contributed by atoms with E-state index >= 15 is 0 Å². The van der Waals surface area contributed by atoms with E-state index in [0.29, 0.717) is 11.5 Å². The molecule has 0 aliphatic heterocycles. The lowest BCUT2D eigenvalue weighted by Gasteiger charge is -2.22. The number of hydrogen-bond donors (Lipinski definition) is 1. The topological polar surface area (TPSA) is 84.6 Å². The molecule has 1 aromatic carbocycles. The van der Waals surface area contributed by atoms with Gasteiger partial charge < -0.3 is 0 Å². The number of benzene rings is 1. The maximum atomic E-state index is 12.1. The summed E-state index contributed by atoms with van der Waals surface area (Å²) in [7, 11) is 0. The first kappa shape index (κ1) is 16.6. The summed E-state index contributed by atoms with van der Waals surface area (Å²) < 4.78 is 0. The highest BCUT2D eigenvalue weighted by atomic mass is 16.6. The van der Waals surface area contributed by atoms with Gasteiger partial charge in [-0.05, 0) is 50.3 Å². The largest absolute Gasteiger partial charge is 0.271 e. The Morgan fingerprint density at radius 2 is 2.04 bits per heavy atom. The van der Waals surface area contributed by atoms with E-state index < -0.39 is 10.8 Å². The SMILES string of the molecule is C=C(C)[C@@H]1CC=C(C)C(=NNC(=O)c2ccc([N+](=O)[O-])cc2)C1. The Bertz CT molecular complexity index is 702. The number of rotatable bonds is 4. The normalized spacial score (nSPS) is 19.1. The van der Waals surface area contributed by atoms with Crippen molar-refractivity contribution in [3.63, 3.8) is 0 Å². The number of non-ortho nitro benzene ring substituents is 1. The molecule has 0 unspecified atom stereocenters. The molecule has 0 radical (unpaired) electrons. The van der Waals surface area contributed by atoms with Crippen molar-refractivity contribution in [3.8, 4) is 0 Å². The van der Waals surface area contributed by atoms with Gasteiger partial charge in [-0.2, -0.15) is 5.10 Å². The van der Waals surface area contributed by atoms with Crippen LogP contribution in [0.4, 0.5) is 5.69 Å². The molecule has 0 aromatic heterocycles. The highest BCUT2D eigenvalue weighted by Crippen LogP contribution is 2.26.